The van der Waals surface area contributed by atoms with Crippen LogP contribution in [0.5, 0.6) is 0 Å². The van der Waals surface area contributed by atoms with Gasteiger partial charge in [-0.1, -0.05) is 12.1 Å². The van der Waals surface area contributed by atoms with E-state index in [1.807, 2.05) is 31.2 Å². The van der Waals surface area contributed by atoms with Gasteiger partial charge in [0, 0.05) is 12.5 Å². The Morgan fingerprint density at radius 3 is 2.94 bits per heavy atom. The molecule has 0 amide bonds. The zero-order chi connectivity index (χ0) is 11.5. The first-order valence-electron chi connectivity index (χ1n) is 5.27. The number of nitrogens with two attached hydrogens (primary N) is 1. The van der Waals surface area contributed by atoms with Gasteiger partial charge in [0.05, 0.1) is 16.6 Å². The second kappa shape index (κ2) is 4.72. The molecule has 0 radical (unpaired) electrons. The molecule has 3 nitrogen and oxygen atoms in total. The minimum Gasteiger partial charge on any atom is -0.328 e. The summed E-state index contributed by atoms with van der Waals surface area (Å²) < 4.78 is 1.13. The first-order chi connectivity index (χ1) is 7.65. The van der Waals surface area contributed by atoms with Gasteiger partial charge in [-0.2, -0.15) is 0 Å². The van der Waals surface area contributed by atoms with Crippen LogP contribution in [0.15, 0.2) is 24.3 Å². The molecular formula is C12H14N2OS. The number of Topliss-reactive ketones (excluding diaryl/α,β-unsaturated/α-hetero) is 1. The summed E-state index contributed by atoms with van der Waals surface area (Å²) in [4.78, 5) is 16.0. The number of rotatable bonds is 4. The highest BCUT2D eigenvalue weighted by Crippen LogP contribution is 2.22. The Labute approximate surface area is 98.3 Å². The van der Waals surface area contributed by atoms with Crippen molar-refractivity contribution in [3.05, 3.63) is 29.3 Å². The molecule has 0 aliphatic heterocycles. The number of fused-ring (bicyclic) bond motifs is 1. The van der Waals surface area contributed by atoms with Gasteiger partial charge in [-0.3, -0.25) is 4.79 Å². The Morgan fingerprint density at radius 2 is 2.25 bits per heavy atom. The van der Waals surface area contributed by atoms with Crippen molar-refractivity contribution in [1.29, 1.82) is 0 Å². The quantitative estimate of drug-likeness (QED) is 0.881. The summed E-state index contributed by atoms with van der Waals surface area (Å²) in [6.45, 7) is 1.84. The number of thiazole rings is 1. The summed E-state index contributed by atoms with van der Waals surface area (Å²) in [5.74, 6) is 0.161. The molecule has 0 bridgehead atoms. The number of para-hydroxylation sites is 1. The molecule has 0 saturated carbocycles. The Morgan fingerprint density at radius 1 is 1.50 bits per heavy atom. The molecular weight excluding hydrogens is 220 g/mol. The molecule has 0 spiro atoms. The SMILES string of the molecule is CC(N)CC(=O)Cc1nc2ccccc2s1. The van der Waals surface area contributed by atoms with E-state index < -0.39 is 0 Å². The molecule has 1 aromatic heterocycles. The number of aromatic nitrogens is 1. The van der Waals surface area contributed by atoms with E-state index >= 15 is 0 Å². The van der Waals surface area contributed by atoms with Gasteiger partial charge in [0.25, 0.3) is 0 Å². The zero-order valence-corrected chi connectivity index (χ0v) is 9.96. The standard InChI is InChI=1S/C12H14N2OS/c1-8(13)6-9(15)7-12-14-10-4-2-3-5-11(10)16-12/h2-5,8H,6-7,13H2,1H3. The Bertz CT molecular complexity index is 471. The van der Waals surface area contributed by atoms with Crippen LogP contribution in [-0.2, 0) is 11.2 Å². The molecule has 1 aromatic carbocycles. The molecule has 2 aromatic rings. The number of ketones is 1. The van der Waals surface area contributed by atoms with Crippen molar-refractivity contribution in [1.82, 2.24) is 4.98 Å². The molecule has 1 atom stereocenters. The third kappa shape index (κ3) is 2.65. The van der Waals surface area contributed by atoms with Gasteiger partial charge in [0.2, 0.25) is 0 Å². The van der Waals surface area contributed by atoms with Crippen molar-refractivity contribution < 1.29 is 4.79 Å². The summed E-state index contributed by atoms with van der Waals surface area (Å²) in [5.41, 5.74) is 6.55. The van der Waals surface area contributed by atoms with Crippen LogP contribution in [0.1, 0.15) is 18.4 Å². The second-order valence-corrected chi connectivity index (χ2v) is 5.09. The lowest BCUT2D eigenvalue weighted by Gasteiger charge is -2.01. The van der Waals surface area contributed by atoms with Crippen LogP contribution in [-0.4, -0.2) is 16.8 Å². The van der Waals surface area contributed by atoms with Crippen molar-refractivity contribution in [2.75, 3.05) is 0 Å². The van der Waals surface area contributed by atoms with Crippen LogP contribution in [0, 0.1) is 0 Å². The lowest BCUT2D eigenvalue weighted by atomic mass is 10.1. The highest BCUT2D eigenvalue weighted by molar-refractivity contribution is 7.18. The van der Waals surface area contributed by atoms with Crippen molar-refractivity contribution in [2.24, 2.45) is 5.73 Å². The van der Waals surface area contributed by atoms with E-state index in [-0.39, 0.29) is 11.8 Å². The monoisotopic (exact) mass is 234 g/mol. The van der Waals surface area contributed by atoms with E-state index in [0.717, 1.165) is 15.2 Å². The number of nitrogens with zero attached hydrogens (tertiary/aromatic N) is 1. The van der Waals surface area contributed by atoms with Gasteiger partial charge in [-0.15, -0.1) is 11.3 Å². The molecule has 0 fully saturated rings. The van der Waals surface area contributed by atoms with Crippen LogP contribution in [0.25, 0.3) is 10.2 Å². The Kier molecular flexibility index (Phi) is 3.31. The van der Waals surface area contributed by atoms with E-state index in [2.05, 4.69) is 4.98 Å². The molecule has 4 heteroatoms. The number of hydrogen-bond donors (Lipinski definition) is 1. The summed E-state index contributed by atoms with van der Waals surface area (Å²) in [5, 5.41) is 0.881. The van der Waals surface area contributed by atoms with Gasteiger partial charge in [0.1, 0.15) is 10.8 Å². The van der Waals surface area contributed by atoms with Crippen LogP contribution in [0.4, 0.5) is 0 Å². The van der Waals surface area contributed by atoms with E-state index in [0.29, 0.717) is 12.8 Å². The summed E-state index contributed by atoms with van der Waals surface area (Å²) in [6, 6.07) is 7.85. The third-order valence-corrected chi connectivity index (χ3v) is 3.27. The first kappa shape index (κ1) is 11.2. The fourth-order valence-electron chi connectivity index (χ4n) is 1.60. The fourth-order valence-corrected chi connectivity index (χ4v) is 2.59. The van der Waals surface area contributed by atoms with E-state index in [9.17, 15) is 4.79 Å². The average Bonchev–Trinajstić information content (AvgIpc) is 2.57. The minimum absolute atomic E-state index is 0.0677. The smallest absolute Gasteiger partial charge is 0.141 e. The lowest BCUT2D eigenvalue weighted by Crippen LogP contribution is -2.20. The van der Waals surface area contributed by atoms with Crippen molar-refractivity contribution in [3.63, 3.8) is 0 Å². The molecule has 1 heterocycles. The average molecular weight is 234 g/mol. The summed E-state index contributed by atoms with van der Waals surface area (Å²) >= 11 is 1.58. The van der Waals surface area contributed by atoms with E-state index in [1.54, 1.807) is 11.3 Å². The number of hydrogen-bond acceptors (Lipinski definition) is 4. The van der Waals surface area contributed by atoms with Crippen LogP contribution >= 0.6 is 11.3 Å². The van der Waals surface area contributed by atoms with Crippen molar-refractivity contribution in [2.45, 2.75) is 25.8 Å². The number of carbonyl (C=O) groups is 1. The van der Waals surface area contributed by atoms with E-state index in [1.165, 1.54) is 0 Å². The molecule has 2 rings (SSSR count). The fraction of sp³-hybridized carbons (Fsp3) is 0.333. The molecule has 1 unspecified atom stereocenters. The molecule has 0 aliphatic carbocycles. The molecule has 84 valence electrons. The normalized spacial score (nSPS) is 12.9. The van der Waals surface area contributed by atoms with Gasteiger partial charge in [0.15, 0.2) is 0 Å². The lowest BCUT2D eigenvalue weighted by molar-refractivity contribution is -0.118. The number of benzene rings is 1. The largest absolute Gasteiger partial charge is 0.328 e. The maximum Gasteiger partial charge on any atom is 0.141 e. The van der Waals surface area contributed by atoms with Crippen LogP contribution in [0.2, 0.25) is 0 Å². The summed E-state index contributed by atoms with van der Waals surface area (Å²) in [7, 11) is 0. The predicted molar refractivity (Wildman–Crippen MR) is 66.6 cm³/mol. The predicted octanol–water partition coefficient (Wildman–Crippen LogP) is 2.15. The molecule has 0 aliphatic rings. The van der Waals surface area contributed by atoms with Gasteiger partial charge < -0.3 is 5.73 Å². The number of carbonyl (C=O) groups excluding carboxylic acids is 1. The van der Waals surface area contributed by atoms with Gasteiger partial charge in [-0.05, 0) is 19.1 Å². The Balaban J connectivity index is 2.12. The molecule has 2 N–H and O–H groups in total. The van der Waals surface area contributed by atoms with Gasteiger partial charge in [-0.25, -0.2) is 4.98 Å². The minimum atomic E-state index is -0.0677. The summed E-state index contributed by atoms with van der Waals surface area (Å²) in [6.07, 6.45) is 0.830. The first-order valence-corrected chi connectivity index (χ1v) is 6.08. The maximum absolute atomic E-state index is 11.6. The molecule has 0 saturated heterocycles. The Hall–Kier alpha value is -1.26. The third-order valence-electron chi connectivity index (χ3n) is 2.24. The van der Waals surface area contributed by atoms with Crippen molar-refractivity contribution in [3.8, 4) is 0 Å². The second-order valence-electron chi connectivity index (χ2n) is 3.97. The van der Waals surface area contributed by atoms with Crippen molar-refractivity contribution >= 4 is 27.3 Å². The van der Waals surface area contributed by atoms with Crippen LogP contribution < -0.4 is 5.73 Å². The van der Waals surface area contributed by atoms with Crippen LogP contribution in [0.3, 0.4) is 0 Å². The van der Waals surface area contributed by atoms with E-state index in [4.69, 9.17) is 5.73 Å². The highest BCUT2D eigenvalue weighted by atomic mass is 32.1. The highest BCUT2D eigenvalue weighted by Gasteiger charge is 2.10. The maximum atomic E-state index is 11.6. The molecule has 16 heavy (non-hydrogen) atoms. The topological polar surface area (TPSA) is 56.0 Å². The van der Waals surface area contributed by atoms with Gasteiger partial charge >= 0.3 is 0 Å². The zero-order valence-electron chi connectivity index (χ0n) is 9.14.